The third kappa shape index (κ3) is 3.12. The smallest absolute Gasteiger partial charge is 0.272 e. The second-order valence-corrected chi connectivity index (χ2v) is 6.50. The minimum absolute atomic E-state index is 0.0214. The van der Waals surface area contributed by atoms with Crippen molar-refractivity contribution >= 4 is 11.6 Å². The van der Waals surface area contributed by atoms with Gasteiger partial charge in [-0.15, -0.1) is 0 Å². The fourth-order valence-corrected chi connectivity index (χ4v) is 3.31. The molecule has 4 heterocycles. The minimum Gasteiger partial charge on any atom is -0.337 e. The van der Waals surface area contributed by atoms with Gasteiger partial charge in [0.15, 0.2) is 5.65 Å². The molecule has 0 atom stereocenters. The van der Waals surface area contributed by atoms with Gasteiger partial charge < -0.3 is 4.90 Å². The van der Waals surface area contributed by atoms with Crippen molar-refractivity contribution in [3.05, 3.63) is 47.9 Å². The second kappa shape index (κ2) is 6.63. The normalized spacial score (nSPS) is 15.3. The Kier molecular flexibility index (Phi) is 4.17. The van der Waals surface area contributed by atoms with E-state index in [9.17, 15) is 4.79 Å². The first-order valence-electron chi connectivity index (χ1n) is 8.80. The maximum atomic E-state index is 12.8. The summed E-state index contributed by atoms with van der Waals surface area (Å²) in [5, 5.41) is 4.58. The van der Waals surface area contributed by atoms with Crippen molar-refractivity contribution in [1.82, 2.24) is 24.5 Å². The van der Waals surface area contributed by atoms with Crippen molar-refractivity contribution in [3.8, 4) is 11.4 Å². The molecule has 1 amide bonds. The highest BCUT2D eigenvalue weighted by atomic mass is 16.2. The summed E-state index contributed by atoms with van der Waals surface area (Å²) in [5.74, 6) is 0.0214. The summed E-state index contributed by atoms with van der Waals surface area (Å²) in [4.78, 5) is 23.7. The minimum atomic E-state index is 0.0214. The highest BCUT2D eigenvalue weighted by molar-refractivity contribution is 5.93. The fourth-order valence-electron chi connectivity index (χ4n) is 3.31. The van der Waals surface area contributed by atoms with Crippen LogP contribution in [0.3, 0.4) is 0 Å². The van der Waals surface area contributed by atoms with E-state index in [1.807, 2.05) is 42.2 Å². The van der Waals surface area contributed by atoms with Crippen molar-refractivity contribution in [1.29, 1.82) is 0 Å². The molecule has 3 aromatic heterocycles. The molecule has 0 spiro atoms. The molecule has 0 saturated carbocycles. The average Bonchev–Trinajstić information content (AvgIpc) is 2.89. The molecule has 1 aliphatic heterocycles. The molecule has 6 nitrogen and oxygen atoms in total. The molecule has 3 aromatic rings. The predicted molar refractivity (Wildman–Crippen MR) is 95.3 cm³/mol. The lowest BCUT2D eigenvalue weighted by Crippen LogP contribution is -2.32. The van der Waals surface area contributed by atoms with Crippen LogP contribution in [0.1, 0.15) is 41.9 Å². The molecular formula is C19H21N5O. The van der Waals surface area contributed by atoms with Gasteiger partial charge in [0.25, 0.3) is 5.91 Å². The molecule has 0 aromatic carbocycles. The Balaban J connectivity index is 1.70. The molecule has 1 aliphatic rings. The average molecular weight is 335 g/mol. The topological polar surface area (TPSA) is 63.4 Å². The van der Waals surface area contributed by atoms with Gasteiger partial charge in [-0.05, 0) is 38.0 Å². The monoisotopic (exact) mass is 335 g/mol. The van der Waals surface area contributed by atoms with E-state index in [-0.39, 0.29) is 5.91 Å². The lowest BCUT2D eigenvalue weighted by atomic mass is 10.2. The maximum Gasteiger partial charge on any atom is 0.272 e. The number of aryl methyl sites for hydroxylation is 1. The Morgan fingerprint density at radius 1 is 1.04 bits per heavy atom. The molecule has 4 rings (SSSR count). The third-order valence-corrected chi connectivity index (χ3v) is 4.64. The van der Waals surface area contributed by atoms with Crippen LogP contribution in [0.4, 0.5) is 0 Å². The standard InChI is InChI=1S/C19H21N5O/c1-14-12-17(19(25)23-10-6-2-3-7-11-23)21-18-13-16(22-24(14)18)15-8-4-5-9-20-15/h4-5,8-9,12-13H,2-3,6-7,10-11H2,1H3. The number of aromatic nitrogens is 4. The number of nitrogens with zero attached hydrogens (tertiary/aromatic N) is 5. The van der Waals surface area contributed by atoms with Gasteiger partial charge >= 0.3 is 0 Å². The summed E-state index contributed by atoms with van der Waals surface area (Å²) in [5.41, 5.74) is 3.63. The van der Waals surface area contributed by atoms with E-state index >= 15 is 0 Å². The molecule has 1 fully saturated rings. The Labute approximate surface area is 146 Å². The number of rotatable bonds is 2. The zero-order valence-corrected chi connectivity index (χ0v) is 14.4. The van der Waals surface area contributed by atoms with Gasteiger partial charge in [-0.2, -0.15) is 5.10 Å². The quantitative estimate of drug-likeness (QED) is 0.722. The zero-order chi connectivity index (χ0) is 17.2. The Morgan fingerprint density at radius 2 is 1.84 bits per heavy atom. The van der Waals surface area contributed by atoms with Crippen molar-refractivity contribution in [2.75, 3.05) is 13.1 Å². The van der Waals surface area contributed by atoms with Crippen molar-refractivity contribution in [3.63, 3.8) is 0 Å². The van der Waals surface area contributed by atoms with E-state index in [1.165, 1.54) is 12.8 Å². The van der Waals surface area contributed by atoms with Crippen molar-refractivity contribution in [2.24, 2.45) is 0 Å². The maximum absolute atomic E-state index is 12.8. The number of hydrogen-bond acceptors (Lipinski definition) is 4. The van der Waals surface area contributed by atoms with Gasteiger partial charge in [0.05, 0.1) is 5.69 Å². The summed E-state index contributed by atoms with van der Waals surface area (Å²) < 4.78 is 1.77. The number of amides is 1. The van der Waals surface area contributed by atoms with Crippen LogP contribution in [0.15, 0.2) is 36.5 Å². The van der Waals surface area contributed by atoms with Crippen LogP contribution in [-0.2, 0) is 0 Å². The lowest BCUT2D eigenvalue weighted by molar-refractivity contribution is 0.0755. The number of carbonyl (C=O) groups is 1. The van der Waals surface area contributed by atoms with Crippen molar-refractivity contribution in [2.45, 2.75) is 32.6 Å². The molecular weight excluding hydrogens is 314 g/mol. The molecule has 128 valence electrons. The predicted octanol–water partition coefficient (Wildman–Crippen LogP) is 3.12. The van der Waals surface area contributed by atoms with Crippen LogP contribution in [0.5, 0.6) is 0 Å². The molecule has 0 bridgehead atoms. The lowest BCUT2D eigenvalue weighted by Gasteiger charge is -2.19. The van der Waals surface area contributed by atoms with E-state index < -0.39 is 0 Å². The first-order valence-corrected chi connectivity index (χ1v) is 8.80. The van der Waals surface area contributed by atoms with Crippen molar-refractivity contribution < 1.29 is 4.79 Å². The van der Waals surface area contributed by atoms with Gasteiger partial charge in [0.2, 0.25) is 0 Å². The first-order chi connectivity index (χ1) is 12.2. The number of likely N-dealkylation sites (tertiary alicyclic amines) is 1. The number of fused-ring (bicyclic) bond motifs is 1. The highest BCUT2D eigenvalue weighted by Gasteiger charge is 2.20. The van der Waals surface area contributed by atoms with Crippen LogP contribution in [0, 0.1) is 6.92 Å². The third-order valence-electron chi connectivity index (χ3n) is 4.64. The Hall–Kier alpha value is -2.76. The number of hydrogen-bond donors (Lipinski definition) is 0. The molecule has 6 heteroatoms. The highest BCUT2D eigenvalue weighted by Crippen LogP contribution is 2.19. The Bertz CT molecular complexity index is 895. The second-order valence-electron chi connectivity index (χ2n) is 6.50. The molecule has 25 heavy (non-hydrogen) atoms. The van der Waals surface area contributed by atoms with Gasteiger partial charge in [-0.3, -0.25) is 9.78 Å². The van der Waals surface area contributed by atoms with Gasteiger partial charge in [-0.1, -0.05) is 18.9 Å². The van der Waals surface area contributed by atoms with Gasteiger partial charge in [-0.25, -0.2) is 9.50 Å². The summed E-state index contributed by atoms with van der Waals surface area (Å²) in [6.07, 6.45) is 6.29. The number of carbonyl (C=O) groups excluding carboxylic acids is 1. The largest absolute Gasteiger partial charge is 0.337 e. The van der Waals surface area contributed by atoms with Gasteiger partial charge in [0, 0.05) is 31.0 Å². The van der Waals surface area contributed by atoms with Crippen LogP contribution < -0.4 is 0 Å². The summed E-state index contributed by atoms with van der Waals surface area (Å²) >= 11 is 0. The first kappa shape index (κ1) is 15.7. The SMILES string of the molecule is Cc1cc(C(=O)N2CCCCCC2)nc2cc(-c3ccccn3)nn12. The molecule has 1 saturated heterocycles. The van der Waals surface area contributed by atoms with E-state index in [0.717, 1.165) is 43.0 Å². The summed E-state index contributed by atoms with van der Waals surface area (Å²) in [6, 6.07) is 9.44. The van der Waals surface area contributed by atoms with Gasteiger partial charge in [0.1, 0.15) is 11.4 Å². The van der Waals surface area contributed by atoms with Crippen LogP contribution in [0.25, 0.3) is 17.0 Å². The molecule has 0 unspecified atom stereocenters. The molecule has 0 N–H and O–H groups in total. The van der Waals surface area contributed by atoms with Crippen LogP contribution >= 0.6 is 0 Å². The van der Waals surface area contributed by atoms with Crippen LogP contribution in [-0.4, -0.2) is 43.5 Å². The molecule has 0 radical (unpaired) electrons. The summed E-state index contributed by atoms with van der Waals surface area (Å²) in [6.45, 7) is 3.59. The fraction of sp³-hybridized carbons (Fsp3) is 0.368. The Morgan fingerprint density at radius 3 is 2.56 bits per heavy atom. The number of pyridine rings is 1. The summed E-state index contributed by atoms with van der Waals surface area (Å²) in [7, 11) is 0. The zero-order valence-electron chi connectivity index (χ0n) is 14.4. The molecule has 0 aliphatic carbocycles. The van der Waals surface area contributed by atoms with Crippen LogP contribution in [0.2, 0.25) is 0 Å². The van der Waals surface area contributed by atoms with E-state index in [4.69, 9.17) is 0 Å². The van der Waals surface area contributed by atoms with E-state index in [0.29, 0.717) is 11.3 Å². The van der Waals surface area contributed by atoms with E-state index in [2.05, 4.69) is 15.1 Å². The van der Waals surface area contributed by atoms with E-state index in [1.54, 1.807) is 10.7 Å².